The van der Waals surface area contributed by atoms with Crippen molar-refractivity contribution in [3.8, 4) is 11.3 Å². The number of benzene rings is 2. The van der Waals surface area contributed by atoms with Crippen molar-refractivity contribution in [2.75, 3.05) is 0 Å². The monoisotopic (exact) mass is 310 g/mol. The number of rotatable bonds is 0. The van der Waals surface area contributed by atoms with Gasteiger partial charge in [0.2, 0.25) is 0 Å². The van der Waals surface area contributed by atoms with Gasteiger partial charge in [-0.2, -0.15) is 0 Å². The first-order chi connectivity index (χ1) is 11.9. The first-order valence-corrected chi connectivity index (χ1v) is 7.97. The Hall–Kier alpha value is -3.27. The fourth-order valence-electron chi connectivity index (χ4n) is 3.86. The molecule has 4 heteroatoms. The molecule has 0 aliphatic carbocycles. The van der Waals surface area contributed by atoms with E-state index in [9.17, 15) is 0 Å². The Balaban J connectivity index is 1.81. The maximum Gasteiger partial charge on any atom is 0.349 e. The largest absolute Gasteiger partial charge is 0.456 e. The molecular formula is C20H12N3O+. The number of aromatic nitrogens is 3. The van der Waals surface area contributed by atoms with Gasteiger partial charge in [-0.05, 0) is 29.2 Å². The number of furan rings is 1. The molecular weight excluding hydrogens is 298 g/mol. The van der Waals surface area contributed by atoms with Gasteiger partial charge in [0.1, 0.15) is 23.4 Å². The molecule has 2 aromatic carbocycles. The molecule has 5 aromatic rings. The Morgan fingerprint density at radius 1 is 0.875 bits per heavy atom. The van der Waals surface area contributed by atoms with Crippen LogP contribution >= 0.6 is 0 Å². The van der Waals surface area contributed by atoms with Crippen LogP contribution in [0, 0.1) is 0 Å². The highest BCUT2D eigenvalue weighted by Crippen LogP contribution is 2.40. The first kappa shape index (κ1) is 12.2. The van der Waals surface area contributed by atoms with Crippen LogP contribution in [0.1, 0.15) is 5.56 Å². The molecule has 4 heterocycles. The first-order valence-electron chi connectivity index (χ1n) is 7.97. The van der Waals surface area contributed by atoms with Crippen LogP contribution in [-0.2, 0) is 6.54 Å². The average Bonchev–Trinajstić information content (AvgIpc) is 3.19. The predicted octanol–water partition coefficient (Wildman–Crippen LogP) is 3.85. The molecule has 6 rings (SSSR count). The molecule has 0 amide bonds. The van der Waals surface area contributed by atoms with Crippen LogP contribution in [0.4, 0.5) is 0 Å². The van der Waals surface area contributed by atoms with Gasteiger partial charge in [-0.25, -0.2) is 9.55 Å². The van der Waals surface area contributed by atoms with E-state index >= 15 is 0 Å². The number of hydrogen-bond donors (Lipinski definition) is 0. The second kappa shape index (κ2) is 4.17. The molecule has 0 radical (unpaired) electrons. The van der Waals surface area contributed by atoms with E-state index in [0.717, 1.165) is 34.3 Å². The lowest BCUT2D eigenvalue weighted by molar-refractivity contribution is -0.647. The van der Waals surface area contributed by atoms with Crippen molar-refractivity contribution in [3.05, 3.63) is 66.5 Å². The number of para-hydroxylation sites is 1. The third-order valence-corrected chi connectivity index (χ3v) is 4.87. The Morgan fingerprint density at radius 2 is 1.79 bits per heavy atom. The fourth-order valence-corrected chi connectivity index (χ4v) is 3.86. The average molecular weight is 310 g/mol. The van der Waals surface area contributed by atoms with Crippen molar-refractivity contribution in [1.29, 1.82) is 0 Å². The quantitative estimate of drug-likeness (QED) is 0.400. The molecule has 0 atom stereocenters. The molecule has 0 saturated carbocycles. The summed E-state index contributed by atoms with van der Waals surface area (Å²) in [6.07, 6.45) is 3.49. The normalized spacial score (nSPS) is 12.8. The van der Waals surface area contributed by atoms with E-state index in [0.29, 0.717) is 0 Å². The Kier molecular flexibility index (Phi) is 2.12. The molecule has 1 aliphatic heterocycles. The minimum absolute atomic E-state index is 0.816. The van der Waals surface area contributed by atoms with Gasteiger partial charge in [-0.1, -0.05) is 24.3 Å². The van der Waals surface area contributed by atoms with Crippen molar-refractivity contribution in [2.45, 2.75) is 6.54 Å². The third-order valence-electron chi connectivity index (χ3n) is 4.87. The van der Waals surface area contributed by atoms with Crippen LogP contribution in [0.15, 0.2) is 65.3 Å². The molecule has 1 aliphatic rings. The van der Waals surface area contributed by atoms with E-state index < -0.39 is 0 Å². The predicted molar refractivity (Wildman–Crippen MR) is 91.5 cm³/mol. The maximum atomic E-state index is 6.04. The second-order valence-electron chi connectivity index (χ2n) is 6.14. The molecule has 0 N–H and O–H groups in total. The van der Waals surface area contributed by atoms with Gasteiger partial charge >= 0.3 is 5.65 Å². The summed E-state index contributed by atoms with van der Waals surface area (Å²) >= 11 is 0. The Bertz CT molecular complexity index is 1290. The summed E-state index contributed by atoms with van der Waals surface area (Å²) in [4.78, 5) is 8.96. The zero-order valence-electron chi connectivity index (χ0n) is 12.7. The number of nitrogens with zero attached hydrogens (tertiary/aromatic N) is 3. The molecule has 0 spiro atoms. The van der Waals surface area contributed by atoms with Crippen molar-refractivity contribution in [1.82, 2.24) is 9.97 Å². The molecule has 112 valence electrons. The second-order valence-corrected chi connectivity index (χ2v) is 6.14. The van der Waals surface area contributed by atoms with E-state index in [1.807, 2.05) is 18.2 Å². The van der Waals surface area contributed by atoms with Crippen LogP contribution in [0.2, 0.25) is 0 Å². The van der Waals surface area contributed by atoms with Gasteiger partial charge in [0.05, 0.1) is 6.20 Å². The van der Waals surface area contributed by atoms with E-state index in [-0.39, 0.29) is 0 Å². The van der Waals surface area contributed by atoms with E-state index in [1.54, 1.807) is 12.4 Å². The summed E-state index contributed by atoms with van der Waals surface area (Å²) in [5, 5.41) is 2.36. The van der Waals surface area contributed by atoms with Gasteiger partial charge in [0.25, 0.3) is 0 Å². The standard InChI is InChI=1S/C20H12N3O/c1-2-4-16-13(3-1)19-17(24-16)8-5-12-11-23-15(18(12)19)7-6-14-20(23)22-10-9-21-14/h1-10H,11H2/q+1. The summed E-state index contributed by atoms with van der Waals surface area (Å²) in [5.74, 6) is 0. The highest BCUT2D eigenvalue weighted by Gasteiger charge is 2.29. The Labute approximate surface area is 137 Å². The van der Waals surface area contributed by atoms with Crippen LogP contribution < -0.4 is 4.57 Å². The molecule has 4 nitrogen and oxygen atoms in total. The summed E-state index contributed by atoms with van der Waals surface area (Å²) in [6, 6.07) is 16.7. The smallest absolute Gasteiger partial charge is 0.349 e. The van der Waals surface area contributed by atoms with Gasteiger partial charge in [-0.3, -0.25) is 0 Å². The molecule has 3 aromatic heterocycles. The minimum atomic E-state index is 0.816. The van der Waals surface area contributed by atoms with Gasteiger partial charge in [-0.15, -0.1) is 0 Å². The van der Waals surface area contributed by atoms with E-state index in [2.05, 4.69) is 44.9 Å². The van der Waals surface area contributed by atoms with E-state index in [4.69, 9.17) is 4.42 Å². The molecule has 0 unspecified atom stereocenters. The highest BCUT2D eigenvalue weighted by molar-refractivity contribution is 6.12. The van der Waals surface area contributed by atoms with Crippen LogP contribution in [0.5, 0.6) is 0 Å². The minimum Gasteiger partial charge on any atom is -0.456 e. The molecule has 0 fully saturated rings. The van der Waals surface area contributed by atoms with Crippen LogP contribution in [-0.4, -0.2) is 9.97 Å². The lowest BCUT2D eigenvalue weighted by Gasteiger charge is -2.00. The van der Waals surface area contributed by atoms with Crippen LogP contribution in [0.25, 0.3) is 44.4 Å². The van der Waals surface area contributed by atoms with Crippen molar-refractivity contribution >= 4 is 33.1 Å². The highest BCUT2D eigenvalue weighted by atomic mass is 16.3. The summed E-state index contributed by atoms with van der Waals surface area (Å²) in [7, 11) is 0. The summed E-state index contributed by atoms with van der Waals surface area (Å²) in [5.41, 5.74) is 7.43. The topological polar surface area (TPSA) is 42.8 Å². The molecule has 0 saturated heterocycles. The van der Waals surface area contributed by atoms with Crippen molar-refractivity contribution in [3.63, 3.8) is 0 Å². The van der Waals surface area contributed by atoms with E-state index in [1.165, 1.54) is 22.2 Å². The number of fused-ring (bicyclic) bond motifs is 9. The number of pyridine rings is 1. The third kappa shape index (κ3) is 1.41. The summed E-state index contributed by atoms with van der Waals surface area (Å²) in [6.45, 7) is 0.816. The van der Waals surface area contributed by atoms with Crippen LogP contribution in [0.3, 0.4) is 0 Å². The van der Waals surface area contributed by atoms with Crippen molar-refractivity contribution in [2.24, 2.45) is 0 Å². The molecule has 24 heavy (non-hydrogen) atoms. The maximum absolute atomic E-state index is 6.04. The van der Waals surface area contributed by atoms with Gasteiger partial charge in [0.15, 0.2) is 11.7 Å². The van der Waals surface area contributed by atoms with Gasteiger partial charge < -0.3 is 4.42 Å². The van der Waals surface area contributed by atoms with Crippen molar-refractivity contribution < 1.29 is 8.98 Å². The SMILES string of the molecule is c1ccc2c(c1)oc1ccc3c(c12)-c1ccc2nccnc2[n+]1C3. The van der Waals surface area contributed by atoms with Gasteiger partial charge in [0, 0.05) is 21.9 Å². The zero-order valence-corrected chi connectivity index (χ0v) is 12.7. The Morgan fingerprint density at radius 3 is 2.79 bits per heavy atom. The zero-order chi connectivity index (χ0) is 15.7. The lowest BCUT2D eigenvalue weighted by atomic mass is 10.0. The molecule has 0 bridgehead atoms. The fraction of sp³-hybridized carbons (Fsp3) is 0.0500. The lowest BCUT2D eigenvalue weighted by Crippen LogP contribution is -2.34. The number of hydrogen-bond acceptors (Lipinski definition) is 3. The summed E-state index contributed by atoms with van der Waals surface area (Å²) < 4.78 is 8.29.